The van der Waals surface area contributed by atoms with Gasteiger partial charge in [0.25, 0.3) is 0 Å². The maximum Gasteiger partial charge on any atom is 0.148 e. The lowest BCUT2D eigenvalue weighted by Crippen LogP contribution is -2.13. The number of rotatable bonds is 4. The maximum atomic E-state index is 5.96. The minimum Gasteiger partial charge on any atom is -0.340 e. The van der Waals surface area contributed by atoms with E-state index in [2.05, 4.69) is 20.7 Å². The lowest BCUT2D eigenvalue weighted by Gasteiger charge is -2.13. The molecule has 6 heteroatoms. The zero-order chi connectivity index (χ0) is 13.8. The highest BCUT2D eigenvalue weighted by Crippen LogP contribution is 2.24. The van der Waals surface area contributed by atoms with Crippen LogP contribution in [-0.4, -0.2) is 9.97 Å². The third-order valence-corrected chi connectivity index (χ3v) is 2.97. The quantitative estimate of drug-likeness (QED) is 0.592. The molecule has 1 heterocycles. The highest BCUT2D eigenvalue weighted by Gasteiger charge is 2.09. The standard InChI is InChI=1S/C13H16ClN5/c1-3-11-17-12(8(2)13(18-11)19-15)16-10-6-4-5-9(14)7-10/h4-7H,3,15H2,1-2H3,(H2,16,17,18,19). The van der Waals surface area contributed by atoms with Crippen LogP contribution in [0.15, 0.2) is 24.3 Å². The van der Waals surface area contributed by atoms with E-state index < -0.39 is 0 Å². The maximum absolute atomic E-state index is 5.96. The summed E-state index contributed by atoms with van der Waals surface area (Å²) in [5, 5.41) is 3.90. The molecule has 4 N–H and O–H groups in total. The molecule has 0 unspecified atom stereocenters. The lowest BCUT2D eigenvalue weighted by molar-refractivity contribution is 0.932. The van der Waals surface area contributed by atoms with Crippen LogP contribution in [0, 0.1) is 6.92 Å². The van der Waals surface area contributed by atoms with Crippen LogP contribution in [0.4, 0.5) is 17.3 Å². The van der Waals surface area contributed by atoms with Crippen molar-refractivity contribution in [3.8, 4) is 0 Å². The molecule has 0 saturated carbocycles. The van der Waals surface area contributed by atoms with Crippen molar-refractivity contribution in [1.29, 1.82) is 0 Å². The monoisotopic (exact) mass is 277 g/mol. The molecule has 100 valence electrons. The molecule has 1 aromatic carbocycles. The number of aromatic nitrogens is 2. The summed E-state index contributed by atoms with van der Waals surface area (Å²) in [4.78, 5) is 8.78. The summed E-state index contributed by atoms with van der Waals surface area (Å²) in [5.41, 5.74) is 4.33. The third-order valence-electron chi connectivity index (χ3n) is 2.73. The van der Waals surface area contributed by atoms with Crippen LogP contribution in [0.1, 0.15) is 18.3 Å². The predicted octanol–water partition coefficient (Wildman–Crippen LogP) is 3.03. The van der Waals surface area contributed by atoms with Gasteiger partial charge in [0.05, 0.1) is 0 Å². The molecule has 1 aromatic heterocycles. The Labute approximate surface area is 117 Å². The topological polar surface area (TPSA) is 75.9 Å². The Hall–Kier alpha value is -1.85. The van der Waals surface area contributed by atoms with Crippen molar-refractivity contribution in [2.75, 3.05) is 10.7 Å². The Bertz CT molecular complexity index is 585. The Morgan fingerprint density at radius 1 is 1.26 bits per heavy atom. The van der Waals surface area contributed by atoms with E-state index >= 15 is 0 Å². The highest BCUT2D eigenvalue weighted by atomic mass is 35.5. The van der Waals surface area contributed by atoms with Crippen LogP contribution in [0.2, 0.25) is 5.02 Å². The van der Waals surface area contributed by atoms with Crippen molar-refractivity contribution in [1.82, 2.24) is 9.97 Å². The number of halogens is 1. The molecule has 2 rings (SSSR count). The smallest absolute Gasteiger partial charge is 0.148 e. The van der Waals surface area contributed by atoms with Crippen molar-refractivity contribution >= 4 is 28.9 Å². The van der Waals surface area contributed by atoms with E-state index in [9.17, 15) is 0 Å². The second kappa shape index (κ2) is 5.86. The SMILES string of the molecule is CCc1nc(NN)c(C)c(Nc2cccc(Cl)c2)n1. The van der Waals surface area contributed by atoms with E-state index in [1.54, 1.807) is 0 Å². The van der Waals surface area contributed by atoms with Crippen molar-refractivity contribution in [3.05, 3.63) is 40.7 Å². The Morgan fingerprint density at radius 2 is 2.00 bits per heavy atom. The van der Waals surface area contributed by atoms with Crippen LogP contribution in [0.5, 0.6) is 0 Å². The Morgan fingerprint density at radius 3 is 2.63 bits per heavy atom. The zero-order valence-corrected chi connectivity index (χ0v) is 11.6. The van der Waals surface area contributed by atoms with Crippen molar-refractivity contribution in [3.63, 3.8) is 0 Å². The summed E-state index contributed by atoms with van der Waals surface area (Å²) in [7, 11) is 0. The summed E-state index contributed by atoms with van der Waals surface area (Å²) in [5.74, 6) is 7.54. The van der Waals surface area contributed by atoms with Gasteiger partial charge in [-0.05, 0) is 25.1 Å². The van der Waals surface area contributed by atoms with Crippen LogP contribution in [0.3, 0.4) is 0 Å². The van der Waals surface area contributed by atoms with Gasteiger partial charge in [-0.15, -0.1) is 0 Å². The fraction of sp³-hybridized carbons (Fsp3) is 0.231. The average molecular weight is 278 g/mol. The molecular weight excluding hydrogens is 262 g/mol. The Kier molecular flexibility index (Phi) is 4.19. The summed E-state index contributed by atoms with van der Waals surface area (Å²) in [6.07, 6.45) is 0.735. The molecule has 0 aliphatic carbocycles. The van der Waals surface area contributed by atoms with Gasteiger partial charge >= 0.3 is 0 Å². The molecule has 0 saturated heterocycles. The molecule has 0 aliphatic heterocycles. The zero-order valence-electron chi connectivity index (χ0n) is 10.9. The molecule has 0 atom stereocenters. The van der Waals surface area contributed by atoms with Crippen LogP contribution in [-0.2, 0) is 6.42 Å². The predicted molar refractivity (Wildman–Crippen MR) is 78.7 cm³/mol. The second-order valence-corrected chi connectivity index (χ2v) is 4.53. The lowest BCUT2D eigenvalue weighted by atomic mass is 10.2. The molecule has 0 radical (unpaired) electrons. The van der Waals surface area contributed by atoms with Gasteiger partial charge in [0.15, 0.2) is 0 Å². The number of aryl methyl sites for hydroxylation is 1. The summed E-state index contributed by atoms with van der Waals surface area (Å²) in [6, 6.07) is 7.47. The van der Waals surface area contributed by atoms with Gasteiger partial charge in [0.1, 0.15) is 17.5 Å². The molecule has 0 fully saturated rings. The first-order chi connectivity index (χ1) is 9.13. The van der Waals surface area contributed by atoms with Gasteiger partial charge in [-0.25, -0.2) is 15.8 Å². The fourth-order valence-corrected chi connectivity index (χ4v) is 1.88. The summed E-state index contributed by atoms with van der Waals surface area (Å²) in [6.45, 7) is 3.90. The van der Waals surface area contributed by atoms with E-state index in [0.29, 0.717) is 10.8 Å². The van der Waals surface area contributed by atoms with Crippen molar-refractivity contribution in [2.24, 2.45) is 5.84 Å². The minimum absolute atomic E-state index is 0.622. The molecule has 0 bridgehead atoms. The molecule has 2 aromatic rings. The van der Waals surface area contributed by atoms with Crippen molar-refractivity contribution in [2.45, 2.75) is 20.3 Å². The van der Waals surface area contributed by atoms with E-state index in [0.717, 1.165) is 29.3 Å². The van der Waals surface area contributed by atoms with E-state index in [1.807, 2.05) is 38.1 Å². The van der Waals surface area contributed by atoms with Crippen LogP contribution in [0.25, 0.3) is 0 Å². The first-order valence-electron chi connectivity index (χ1n) is 6.00. The fourth-order valence-electron chi connectivity index (χ4n) is 1.69. The first-order valence-corrected chi connectivity index (χ1v) is 6.38. The van der Waals surface area contributed by atoms with Gasteiger partial charge in [-0.1, -0.05) is 24.6 Å². The minimum atomic E-state index is 0.622. The highest BCUT2D eigenvalue weighted by molar-refractivity contribution is 6.30. The summed E-state index contributed by atoms with van der Waals surface area (Å²) < 4.78 is 0. The normalized spacial score (nSPS) is 10.3. The number of benzene rings is 1. The number of nitrogens with two attached hydrogens (primary N) is 1. The van der Waals surface area contributed by atoms with E-state index in [4.69, 9.17) is 17.4 Å². The van der Waals surface area contributed by atoms with Gasteiger partial charge in [0, 0.05) is 22.7 Å². The summed E-state index contributed by atoms with van der Waals surface area (Å²) >= 11 is 5.96. The molecule has 0 spiro atoms. The molecule has 0 aliphatic rings. The van der Waals surface area contributed by atoms with E-state index in [-0.39, 0.29) is 0 Å². The number of hydrazine groups is 1. The Balaban J connectivity index is 2.38. The first kappa shape index (κ1) is 13.6. The number of anilines is 3. The number of hydrogen-bond acceptors (Lipinski definition) is 5. The van der Waals surface area contributed by atoms with Gasteiger partial charge in [0.2, 0.25) is 0 Å². The van der Waals surface area contributed by atoms with Crippen LogP contribution >= 0.6 is 11.6 Å². The molecular formula is C13H16ClN5. The van der Waals surface area contributed by atoms with Gasteiger partial charge < -0.3 is 10.7 Å². The van der Waals surface area contributed by atoms with Gasteiger partial charge in [-0.3, -0.25) is 0 Å². The molecule has 5 nitrogen and oxygen atoms in total. The molecule has 0 amide bonds. The average Bonchev–Trinajstić information content (AvgIpc) is 2.41. The second-order valence-electron chi connectivity index (χ2n) is 4.10. The van der Waals surface area contributed by atoms with E-state index in [1.165, 1.54) is 0 Å². The largest absolute Gasteiger partial charge is 0.340 e. The number of nitrogens with one attached hydrogen (secondary N) is 2. The number of nitrogen functional groups attached to an aromatic ring is 1. The molecule has 19 heavy (non-hydrogen) atoms. The third kappa shape index (κ3) is 3.13. The van der Waals surface area contributed by atoms with Crippen LogP contribution < -0.4 is 16.6 Å². The number of hydrogen-bond donors (Lipinski definition) is 3. The van der Waals surface area contributed by atoms with Gasteiger partial charge in [-0.2, -0.15) is 0 Å². The van der Waals surface area contributed by atoms with Crippen molar-refractivity contribution < 1.29 is 0 Å². The number of nitrogens with zero attached hydrogens (tertiary/aromatic N) is 2.